The monoisotopic (exact) mass is 531 g/mol. The summed E-state index contributed by atoms with van der Waals surface area (Å²) >= 11 is 0. The SMILES string of the molecule is Cc1noc(C)c1-c1cnc2c3ccc(C(C)(C)O)cc3n([C@@H](c3ccc(F)cc3F)C3CCOCC3)c2c1. The Balaban J connectivity index is 1.71. The molecule has 0 unspecified atom stereocenters. The van der Waals surface area contributed by atoms with E-state index in [1.165, 1.54) is 6.07 Å². The van der Waals surface area contributed by atoms with Crippen LogP contribution in [0.1, 0.15) is 55.3 Å². The fourth-order valence-electron chi connectivity index (χ4n) is 5.99. The highest BCUT2D eigenvalue weighted by Crippen LogP contribution is 2.43. The molecule has 8 heteroatoms. The number of nitrogens with zero attached hydrogens (tertiary/aromatic N) is 3. The molecule has 202 valence electrons. The number of rotatable bonds is 5. The second kappa shape index (κ2) is 9.54. The minimum absolute atomic E-state index is 0.0334. The van der Waals surface area contributed by atoms with Crippen LogP contribution in [0.25, 0.3) is 33.1 Å². The zero-order valence-electron chi connectivity index (χ0n) is 22.5. The number of aliphatic hydroxyl groups is 1. The van der Waals surface area contributed by atoms with Gasteiger partial charge in [0.25, 0.3) is 0 Å². The lowest BCUT2D eigenvalue weighted by Gasteiger charge is -2.33. The molecule has 6 rings (SSSR count). The van der Waals surface area contributed by atoms with Crippen molar-refractivity contribution in [3.05, 3.63) is 82.9 Å². The Hall–Kier alpha value is -3.62. The van der Waals surface area contributed by atoms with Crippen molar-refractivity contribution < 1.29 is 23.1 Å². The van der Waals surface area contributed by atoms with E-state index < -0.39 is 23.3 Å². The molecule has 6 nitrogen and oxygen atoms in total. The van der Waals surface area contributed by atoms with E-state index in [0.29, 0.717) is 24.5 Å². The van der Waals surface area contributed by atoms with Crippen molar-refractivity contribution in [2.75, 3.05) is 13.2 Å². The Morgan fingerprint density at radius 3 is 2.46 bits per heavy atom. The van der Waals surface area contributed by atoms with Gasteiger partial charge in [0.05, 0.1) is 33.9 Å². The number of hydrogen-bond donors (Lipinski definition) is 1. The molecule has 5 aromatic rings. The van der Waals surface area contributed by atoms with Crippen molar-refractivity contribution in [3.8, 4) is 11.1 Å². The first-order chi connectivity index (χ1) is 18.6. The first kappa shape index (κ1) is 25.6. The van der Waals surface area contributed by atoms with Gasteiger partial charge in [-0.05, 0) is 70.2 Å². The molecule has 39 heavy (non-hydrogen) atoms. The van der Waals surface area contributed by atoms with Crippen LogP contribution < -0.4 is 0 Å². The first-order valence-electron chi connectivity index (χ1n) is 13.3. The smallest absolute Gasteiger partial charge is 0.141 e. The topological polar surface area (TPSA) is 73.3 Å². The Morgan fingerprint density at radius 1 is 1.03 bits per heavy atom. The van der Waals surface area contributed by atoms with E-state index in [9.17, 15) is 9.50 Å². The number of benzene rings is 2. The number of pyridine rings is 1. The highest BCUT2D eigenvalue weighted by atomic mass is 19.1. The molecule has 0 aliphatic carbocycles. The van der Waals surface area contributed by atoms with Gasteiger partial charge in [-0.15, -0.1) is 0 Å². The number of ether oxygens (including phenoxy) is 1. The van der Waals surface area contributed by atoms with Gasteiger partial charge in [-0.2, -0.15) is 0 Å². The van der Waals surface area contributed by atoms with Gasteiger partial charge in [0.1, 0.15) is 17.4 Å². The summed E-state index contributed by atoms with van der Waals surface area (Å²) in [5.74, 6) is -0.483. The van der Waals surface area contributed by atoms with E-state index in [1.807, 2.05) is 44.3 Å². The summed E-state index contributed by atoms with van der Waals surface area (Å²) < 4.78 is 42.8. The van der Waals surface area contributed by atoms with E-state index in [-0.39, 0.29) is 5.92 Å². The van der Waals surface area contributed by atoms with Crippen molar-refractivity contribution in [2.45, 2.75) is 52.2 Å². The highest BCUT2D eigenvalue weighted by molar-refractivity contribution is 6.07. The maximum atomic E-state index is 15.6. The Bertz CT molecular complexity index is 1670. The van der Waals surface area contributed by atoms with Gasteiger partial charge in [0, 0.05) is 47.6 Å². The fourth-order valence-corrected chi connectivity index (χ4v) is 5.99. The Labute approximate surface area is 225 Å². The van der Waals surface area contributed by atoms with E-state index in [4.69, 9.17) is 14.2 Å². The van der Waals surface area contributed by atoms with Gasteiger partial charge < -0.3 is 18.9 Å². The summed E-state index contributed by atoms with van der Waals surface area (Å²) in [6, 6.07) is 11.2. The summed E-state index contributed by atoms with van der Waals surface area (Å²) in [5.41, 5.74) is 4.94. The molecule has 3 aromatic heterocycles. The van der Waals surface area contributed by atoms with E-state index in [2.05, 4.69) is 9.72 Å². The number of hydrogen-bond acceptors (Lipinski definition) is 5. The molecule has 4 heterocycles. The van der Waals surface area contributed by atoms with E-state index >= 15 is 4.39 Å². The molecular formula is C31H31F2N3O3. The minimum atomic E-state index is -1.08. The number of fused-ring (bicyclic) bond motifs is 3. The van der Waals surface area contributed by atoms with Crippen molar-refractivity contribution in [1.82, 2.24) is 14.7 Å². The van der Waals surface area contributed by atoms with Gasteiger partial charge in [-0.1, -0.05) is 23.4 Å². The molecule has 1 aliphatic rings. The summed E-state index contributed by atoms with van der Waals surface area (Å²) in [6.45, 7) is 8.37. The van der Waals surface area contributed by atoms with E-state index in [0.717, 1.165) is 63.2 Å². The molecule has 1 aliphatic heterocycles. The normalized spacial score (nSPS) is 15.9. The highest BCUT2D eigenvalue weighted by Gasteiger charge is 2.33. The Kier molecular flexibility index (Phi) is 6.27. The molecular weight excluding hydrogens is 500 g/mol. The van der Waals surface area contributed by atoms with Gasteiger partial charge in [0.2, 0.25) is 0 Å². The van der Waals surface area contributed by atoms with Crippen LogP contribution in [0, 0.1) is 31.4 Å². The average molecular weight is 532 g/mol. The number of halogens is 2. The average Bonchev–Trinajstić information content (AvgIpc) is 3.41. The van der Waals surface area contributed by atoms with Crippen molar-refractivity contribution in [3.63, 3.8) is 0 Å². The summed E-state index contributed by atoms with van der Waals surface area (Å²) in [4.78, 5) is 4.89. The summed E-state index contributed by atoms with van der Waals surface area (Å²) in [5, 5.41) is 15.9. The Morgan fingerprint density at radius 2 is 1.79 bits per heavy atom. The molecule has 0 amide bonds. The van der Waals surface area contributed by atoms with Crippen molar-refractivity contribution >= 4 is 21.9 Å². The second-order valence-electron chi connectivity index (χ2n) is 11.0. The van der Waals surface area contributed by atoms with Crippen LogP contribution in [0.5, 0.6) is 0 Å². The lowest BCUT2D eigenvalue weighted by molar-refractivity contribution is 0.0548. The summed E-state index contributed by atoms with van der Waals surface area (Å²) in [7, 11) is 0. The van der Waals surface area contributed by atoms with Gasteiger partial charge in [-0.25, -0.2) is 8.78 Å². The second-order valence-corrected chi connectivity index (χ2v) is 11.0. The molecule has 1 atom stereocenters. The van der Waals surface area contributed by atoms with Crippen LogP contribution in [-0.4, -0.2) is 33.0 Å². The largest absolute Gasteiger partial charge is 0.386 e. The minimum Gasteiger partial charge on any atom is -0.386 e. The fraction of sp³-hybridized carbons (Fsp3) is 0.355. The van der Waals surface area contributed by atoms with Crippen molar-refractivity contribution in [1.29, 1.82) is 0 Å². The van der Waals surface area contributed by atoms with Crippen LogP contribution in [0.2, 0.25) is 0 Å². The maximum Gasteiger partial charge on any atom is 0.141 e. The van der Waals surface area contributed by atoms with Crippen molar-refractivity contribution in [2.24, 2.45) is 5.92 Å². The quantitative estimate of drug-likeness (QED) is 0.265. The molecule has 1 saturated heterocycles. The van der Waals surface area contributed by atoms with Gasteiger partial charge in [0.15, 0.2) is 0 Å². The molecule has 1 N–H and O–H groups in total. The predicted molar refractivity (Wildman–Crippen MR) is 145 cm³/mol. The summed E-state index contributed by atoms with van der Waals surface area (Å²) in [6.07, 6.45) is 3.26. The third-order valence-electron chi connectivity index (χ3n) is 7.94. The van der Waals surface area contributed by atoms with Gasteiger partial charge >= 0.3 is 0 Å². The molecule has 0 radical (unpaired) electrons. The van der Waals surface area contributed by atoms with E-state index in [1.54, 1.807) is 19.9 Å². The van der Waals surface area contributed by atoms with Gasteiger partial charge in [-0.3, -0.25) is 4.98 Å². The molecule has 1 fully saturated rings. The predicted octanol–water partition coefficient (Wildman–Crippen LogP) is 6.98. The molecule has 0 spiro atoms. The molecule has 0 saturated carbocycles. The zero-order valence-corrected chi connectivity index (χ0v) is 22.5. The number of aromatic nitrogens is 3. The standard InChI is InChI=1S/C31H31F2N3O3/c1-17-28(18(2)39-35-17)20-13-27-29(34-16-20)24-7-5-21(31(3,4)37)14-26(24)36(27)30(19-9-11-38-12-10-19)23-8-6-22(32)15-25(23)33/h5-8,13-16,19,30,37H,9-12H2,1-4H3/t30-/m1/s1. The third-order valence-corrected chi connectivity index (χ3v) is 7.94. The number of aryl methyl sites for hydroxylation is 2. The first-order valence-corrected chi connectivity index (χ1v) is 13.3. The lowest BCUT2D eigenvalue weighted by Crippen LogP contribution is -2.27. The zero-order chi connectivity index (χ0) is 27.5. The van der Waals surface area contributed by atoms with Crippen LogP contribution in [0.4, 0.5) is 8.78 Å². The maximum absolute atomic E-state index is 15.6. The van der Waals surface area contributed by atoms with Crippen LogP contribution in [-0.2, 0) is 10.3 Å². The van der Waals surface area contributed by atoms with Crippen LogP contribution >= 0.6 is 0 Å². The van der Waals surface area contributed by atoms with Crippen LogP contribution in [0.15, 0.2) is 53.2 Å². The van der Waals surface area contributed by atoms with Crippen LogP contribution in [0.3, 0.4) is 0 Å². The molecule has 2 aromatic carbocycles. The molecule has 0 bridgehead atoms. The lowest BCUT2D eigenvalue weighted by atomic mass is 9.86. The third kappa shape index (κ3) is 4.41.